The van der Waals surface area contributed by atoms with E-state index in [-0.39, 0.29) is 12.3 Å². The lowest BCUT2D eigenvalue weighted by molar-refractivity contribution is 0.0877. The van der Waals surface area contributed by atoms with Crippen LogP contribution in [0.1, 0.15) is 22.4 Å². The van der Waals surface area contributed by atoms with Crippen molar-refractivity contribution in [1.82, 2.24) is 5.32 Å². The van der Waals surface area contributed by atoms with Crippen molar-refractivity contribution in [1.29, 1.82) is 0 Å². The summed E-state index contributed by atoms with van der Waals surface area (Å²) in [6, 6.07) is 15.9. The van der Waals surface area contributed by atoms with Crippen LogP contribution in [0.2, 0.25) is 0 Å². The molecule has 1 atom stereocenters. The summed E-state index contributed by atoms with van der Waals surface area (Å²) < 4.78 is 16.3. The molecule has 0 spiro atoms. The standard InChI is InChI=1S/C19H15NO5/c21-13(15-7-8-17(25-15)16-6-3-9-23-16)11-20-19(22)18-10-12-4-1-2-5-14(12)24-18/h1-10,13,21H,11H2,(H,20,22). The van der Waals surface area contributed by atoms with E-state index >= 15 is 0 Å². The summed E-state index contributed by atoms with van der Waals surface area (Å²) in [6.07, 6.45) is 0.568. The SMILES string of the molecule is O=C(NCC(O)c1ccc(-c2ccco2)o1)c1cc2ccccc2o1. The van der Waals surface area contributed by atoms with Crippen LogP contribution in [0.5, 0.6) is 0 Å². The number of benzene rings is 1. The quantitative estimate of drug-likeness (QED) is 0.579. The lowest BCUT2D eigenvalue weighted by Gasteiger charge is -2.08. The van der Waals surface area contributed by atoms with Gasteiger partial charge in [-0.1, -0.05) is 18.2 Å². The molecule has 1 aromatic carbocycles. The summed E-state index contributed by atoms with van der Waals surface area (Å²) in [5.74, 6) is 1.24. The first-order valence-electron chi connectivity index (χ1n) is 7.79. The minimum absolute atomic E-state index is 0.000979. The molecule has 0 aliphatic rings. The van der Waals surface area contributed by atoms with Gasteiger partial charge in [-0.05, 0) is 36.4 Å². The van der Waals surface area contributed by atoms with E-state index in [0.29, 0.717) is 22.9 Å². The summed E-state index contributed by atoms with van der Waals surface area (Å²) in [4.78, 5) is 12.2. The molecule has 4 aromatic rings. The van der Waals surface area contributed by atoms with Gasteiger partial charge in [0.1, 0.15) is 17.4 Å². The molecule has 0 bridgehead atoms. The fourth-order valence-electron chi connectivity index (χ4n) is 2.55. The number of fused-ring (bicyclic) bond motifs is 1. The molecule has 25 heavy (non-hydrogen) atoms. The lowest BCUT2D eigenvalue weighted by Crippen LogP contribution is -2.27. The van der Waals surface area contributed by atoms with Crippen molar-refractivity contribution in [3.63, 3.8) is 0 Å². The third-order valence-corrected chi connectivity index (χ3v) is 3.82. The average Bonchev–Trinajstić information content (AvgIpc) is 3.38. The van der Waals surface area contributed by atoms with Crippen LogP contribution in [-0.4, -0.2) is 17.6 Å². The maximum Gasteiger partial charge on any atom is 0.287 e. The molecular formula is C19H15NO5. The van der Waals surface area contributed by atoms with Crippen molar-refractivity contribution in [3.05, 3.63) is 72.4 Å². The second-order valence-corrected chi connectivity index (χ2v) is 5.55. The van der Waals surface area contributed by atoms with Gasteiger partial charge in [-0.3, -0.25) is 4.79 Å². The Labute approximate surface area is 142 Å². The topological polar surface area (TPSA) is 88.8 Å². The van der Waals surface area contributed by atoms with Crippen molar-refractivity contribution in [2.75, 3.05) is 6.54 Å². The van der Waals surface area contributed by atoms with E-state index in [1.165, 1.54) is 0 Å². The second-order valence-electron chi connectivity index (χ2n) is 5.55. The molecule has 3 aromatic heterocycles. The second kappa shape index (κ2) is 6.33. The minimum atomic E-state index is -0.975. The number of carbonyl (C=O) groups is 1. The molecule has 1 unspecified atom stereocenters. The van der Waals surface area contributed by atoms with Crippen LogP contribution in [0.3, 0.4) is 0 Å². The third kappa shape index (κ3) is 3.07. The molecule has 0 saturated heterocycles. The number of aliphatic hydroxyl groups is 1. The van der Waals surface area contributed by atoms with Crippen molar-refractivity contribution in [2.24, 2.45) is 0 Å². The van der Waals surface area contributed by atoms with E-state index < -0.39 is 12.0 Å². The molecule has 0 radical (unpaired) electrons. The maximum atomic E-state index is 12.2. The van der Waals surface area contributed by atoms with Gasteiger partial charge >= 0.3 is 0 Å². The molecule has 126 valence electrons. The van der Waals surface area contributed by atoms with Gasteiger partial charge in [-0.2, -0.15) is 0 Å². The van der Waals surface area contributed by atoms with Gasteiger partial charge in [0.15, 0.2) is 17.3 Å². The monoisotopic (exact) mass is 337 g/mol. The fourth-order valence-corrected chi connectivity index (χ4v) is 2.55. The molecule has 3 heterocycles. The van der Waals surface area contributed by atoms with Crippen LogP contribution >= 0.6 is 0 Å². The molecule has 2 N–H and O–H groups in total. The van der Waals surface area contributed by atoms with Gasteiger partial charge in [0, 0.05) is 5.39 Å². The normalized spacial score (nSPS) is 12.4. The van der Waals surface area contributed by atoms with Crippen LogP contribution < -0.4 is 5.32 Å². The smallest absolute Gasteiger partial charge is 0.287 e. The summed E-state index contributed by atoms with van der Waals surface area (Å²) in [7, 11) is 0. The Morgan fingerprint density at radius 3 is 2.72 bits per heavy atom. The highest BCUT2D eigenvalue weighted by Gasteiger charge is 2.17. The summed E-state index contributed by atoms with van der Waals surface area (Å²) in [6.45, 7) is 0.000979. The first-order valence-corrected chi connectivity index (χ1v) is 7.79. The largest absolute Gasteiger partial charge is 0.461 e. The van der Waals surface area contributed by atoms with Crippen molar-refractivity contribution in [2.45, 2.75) is 6.10 Å². The molecule has 6 heteroatoms. The molecule has 6 nitrogen and oxygen atoms in total. The lowest BCUT2D eigenvalue weighted by atomic mass is 10.2. The summed E-state index contributed by atoms with van der Waals surface area (Å²) in [5.41, 5.74) is 0.641. The maximum absolute atomic E-state index is 12.2. The van der Waals surface area contributed by atoms with Crippen molar-refractivity contribution < 1.29 is 23.2 Å². The zero-order valence-electron chi connectivity index (χ0n) is 13.1. The number of furan rings is 3. The Balaban J connectivity index is 1.41. The highest BCUT2D eigenvalue weighted by Crippen LogP contribution is 2.25. The number of amides is 1. The Hall–Kier alpha value is -3.25. The van der Waals surface area contributed by atoms with E-state index in [9.17, 15) is 9.90 Å². The fraction of sp³-hybridized carbons (Fsp3) is 0.105. The average molecular weight is 337 g/mol. The Kier molecular flexibility index (Phi) is 3.87. The van der Waals surface area contributed by atoms with Gasteiger partial charge < -0.3 is 23.7 Å². The zero-order valence-corrected chi connectivity index (χ0v) is 13.1. The van der Waals surface area contributed by atoms with Crippen LogP contribution in [0, 0.1) is 0 Å². The summed E-state index contributed by atoms with van der Waals surface area (Å²) >= 11 is 0. The van der Waals surface area contributed by atoms with Gasteiger partial charge in [0.2, 0.25) is 0 Å². The summed E-state index contributed by atoms with van der Waals surface area (Å²) in [5, 5.41) is 13.7. The van der Waals surface area contributed by atoms with Crippen molar-refractivity contribution in [3.8, 4) is 11.5 Å². The van der Waals surface area contributed by atoms with Crippen molar-refractivity contribution >= 4 is 16.9 Å². The van der Waals surface area contributed by atoms with E-state index in [1.54, 1.807) is 42.7 Å². The Morgan fingerprint density at radius 2 is 1.92 bits per heavy atom. The highest BCUT2D eigenvalue weighted by atomic mass is 16.4. The number of hydrogen-bond acceptors (Lipinski definition) is 5. The van der Waals surface area contributed by atoms with Gasteiger partial charge in [0.05, 0.1) is 12.8 Å². The minimum Gasteiger partial charge on any atom is -0.461 e. The van der Waals surface area contributed by atoms with Crippen LogP contribution in [0.25, 0.3) is 22.5 Å². The molecule has 0 aliphatic heterocycles. The first kappa shape index (κ1) is 15.3. The number of carbonyl (C=O) groups excluding carboxylic acids is 1. The van der Waals surface area contributed by atoms with Crippen LogP contribution in [0.4, 0.5) is 0 Å². The first-order chi connectivity index (χ1) is 12.2. The molecule has 0 saturated carbocycles. The van der Waals surface area contributed by atoms with E-state index in [1.807, 2.05) is 18.2 Å². The number of rotatable bonds is 5. The molecule has 4 rings (SSSR count). The highest BCUT2D eigenvalue weighted by molar-refractivity contribution is 5.96. The van der Waals surface area contributed by atoms with E-state index in [4.69, 9.17) is 13.3 Å². The molecule has 1 amide bonds. The van der Waals surface area contributed by atoms with E-state index in [0.717, 1.165) is 5.39 Å². The predicted molar refractivity (Wildman–Crippen MR) is 89.9 cm³/mol. The molecule has 0 aliphatic carbocycles. The Morgan fingerprint density at radius 1 is 1.04 bits per heavy atom. The molecule has 0 fully saturated rings. The predicted octanol–water partition coefficient (Wildman–Crippen LogP) is 3.75. The van der Waals surface area contributed by atoms with Crippen LogP contribution in [0.15, 0.2) is 74.1 Å². The van der Waals surface area contributed by atoms with Gasteiger partial charge in [-0.25, -0.2) is 0 Å². The van der Waals surface area contributed by atoms with Gasteiger partial charge in [0.25, 0.3) is 5.91 Å². The Bertz CT molecular complexity index is 963. The van der Waals surface area contributed by atoms with Gasteiger partial charge in [-0.15, -0.1) is 0 Å². The van der Waals surface area contributed by atoms with E-state index in [2.05, 4.69) is 5.32 Å². The zero-order chi connectivity index (χ0) is 17.2. The number of aliphatic hydroxyl groups excluding tert-OH is 1. The number of nitrogens with one attached hydrogen (secondary N) is 1. The van der Waals surface area contributed by atoms with Crippen LogP contribution in [-0.2, 0) is 0 Å². The third-order valence-electron chi connectivity index (χ3n) is 3.82. The number of hydrogen-bond donors (Lipinski definition) is 2. The molecular weight excluding hydrogens is 322 g/mol. The number of para-hydroxylation sites is 1.